The first-order valence-corrected chi connectivity index (χ1v) is 9.15. The predicted molar refractivity (Wildman–Crippen MR) is 100.0 cm³/mol. The van der Waals surface area contributed by atoms with E-state index in [1.54, 1.807) is 0 Å². The Hall–Kier alpha value is -1.75. The molecule has 2 aliphatic rings. The van der Waals surface area contributed by atoms with Gasteiger partial charge in [-0.25, -0.2) is 4.79 Å². The van der Waals surface area contributed by atoms with Crippen LogP contribution in [-0.4, -0.2) is 30.4 Å². The van der Waals surface area contributed by atoms with E-state index in [0.29, 0.717) is 18.1 Å². The number of fused-ring (bicyclic) bond motifs is 1. The van der Waals surface area contributed by atoms with Gasteiger partial charge in [0, 0.05) is 35.4 Å². The second-order valence-electron chi connectivity index (χ2n) is 8.75. The number of rotatable bonds is 3. The van der Waals surface area contributed by atoms with Crippen LogP contribution in [0.1, 0.15) is 47.5 Å². The molecule has 0 aromatic heterocycles. The Kier molecular flexibility index (Phi) is 4.71. The normalized spacial score (nSPS) is 27.6. The molecule has 0 bridgehead atoms. The molecular weight excluding hydrogens is 316 g/mol. The minimum Gasteiger partial charge on any atom is -0.444 e. The van der Waals surface area contributed by atoms with Crippen molar-refractivity contribution in [2.45, 2.75) is 65.2 Å². The Morgan fingerprint density at radius 3 is 2.48 bits per heavy atom. The third kappa shape index (κ3) is 3.92. The molecule has 2 N–H and O–H groups in total. The monoisotopic (exact) mass is 346 g/mol. The molecule has 1 saturated heterocycles. The minimum absolute atomic E-state index is 0.137. The summed E-state index contributed by atoms with van der Waals surface area (Å²) in [5.41, 5.74) is 1.43. The highest BCUT2D eigenvalue weighted by atomic mass is 16.6. The van der Waals surface area contributed by atoms with Crippen LogP contribution in [0.25, 0.3) is 0 Å². The maximum atomic E-state index is 11.8. The average molecular weight is 346 g/mol. The van der Waals surface area contributed by atoms with E-state index in [-0.39, 0.29) is 5.41 Å². The van der Waals surface area contributed by atoms with Gasteiger partial charge in [-0.15, -0.1) is 0 Å². The Bertz CT molecular complexity index is 619. The van der Waals surface area contributed by atoms with Crippen LogP contribution in [0.3, 0.4) is 0 Å². The number of carbonyl (C=O) groups is 1. The zero-order chi connectivity index (χ0) is 18.2. The van der Waals surface area contributed by atoms with Gasteiger partial charge in [-0.05, 0) is 57.9 Å². The van der Waals surface area contributed by atoms with Gasteiger partial charge in [-0.1, -0.05) is 13.8 Å². The van der Waals surface area contributed by atoms with Crippen molar-refractivity contribution in [1.29, 1.82) is 0 Å². The van der Waals surface area contributed by atoms with E-state index in [4.69, 9.17) is 9.47 Å². The second kappa shape index (κ2) is 6.52. The number of carbonyl (C=O) groups excluding carboxylic acids is 1. The zero-order valence-corrected chi connectivity index (χ0v) is 15.9. The molecule has 3 rings (SSSR count). The molecule has 3 unspecified atom stereocenters. The summed E-state index contributed by atoms with van der Waals surface area (Å²) >= 11 is 0. The lowest BCUT2D eigenvalue weighted by molar-refractivity contribution is -0.177. The molecule has 1 heterocycles. The highest BCUT2D eigenvalue weighted by molar-refractivity contribution is 5.85. The molecule has 1 aliphatic carbocycles. The molecule has 0 spiro atoms. The van der Waals surface area contributed by atoms with Gasteiger partial charge in [0.1, 0.15) is 5.60 Å². The van der Waals surface area contributed by atoms with E-state index in [9.17, 15) is 4.79 Å². The lowest BCUT2D eigenvalue weighted by atomic mass is 9.55. The van der Waals surface area contributed by atoms with Crippen molar-refractivity contribution in [1.82, 2.24) is 0 Å². The SMILES string of the molecule is CC(C)(C)OC(=O)Nc1ccc(NC2C3CCCOC3C2(C)C)cc1. The topological polar surface area (TPSA) is 59.6 Å². The van der Waals surface area contributed by atoms with Gasteiger partial charge in [0.05, 0.1) is 6.10 Å². The molecule has 138 valence electrons. The highest BCUT2D eigenvalue weighted by Gasteiger charge is 2.57. The van der Waals surface area contributed by atoms with E-state index in [2.05, 4.69) is 24.5 Å². The molecule has 3 atom stereocenters. The molecule has 0 radical (unpaired) electrons. The van der Waals surface area contributed by atoms with Gasteiger partial charge in [0.2, 0.25) is 0 Å². The van der Waals surface area contributed by atoms with Crippen molar-refractivity contribution < 1.29 is 14.3 Å². The molecule has 5 nitrogen and oxygen atoms in total. The Labute approximate surface area is 150 Å². The number of benzene rings is 1. The van der Waals surface area contributed by atoms with Crippen LogP contribution in [0.15, 0.2) is 24.3 Å². The van der Waals surface area contributed by atoms with Crippen molar-refractivity contribution in [2.24, 2.45) is 11.3 Å². The van der Waals surface area contributed by atoms with Crippen LogP contribution < -0.4 is 10.6 Å². The van der Waals surface area contributed by atoms with E-state index < -0.39 is 11.7 Å². The summed E-state index contributed by atoms with van der Waals surface area (Å²) < 4.78 is 11.2. The van der Waals surface area contributed by atoms with Crippen LogP contribution in [0.5, 0.6) is 0 Å². The van der Waals surface area contributed by atoms with Gasteiger partial charge in [0.25, 0.3) is 0 Å². The van der Waals surface area contributed by atoms with Gasteiger partial charge in [0.15, 0.2) is 0 Å². The molecule has 1 aromatic rings. The van der Waals surface area contributed by atoms with Crippen molar-refractivity contribution in [3.63, 3.8) is 0 Å². The van der Waals surface area contributed by atoms with E-state index in [1.807, 2.05) is 45.0 Å². The van der Waals surface area contributed by atoms with Crippen LogP contribution in [0.2, 0.25) is 0 Å². The van der Waals surface area contributed by atoms with E-state index in [1.165, 1.54) is 6.42 Å². The number of hydrogen-bond acceptors (Lipinski definition) is 4. The minimum atomic E-state index is -0.500. The fourth-order valence-corrected chi connectivity index (χ4v) is 4.07. The third-order valence-corrected chi connectivity index (χ3v) is 5.18. The molecule has 1 saturated carbocycles. The van der Waals surface area contributed by atoms with Gasteiger partial charge >= 0.3 is 6.09 Å². The van der Waals surface area contributed by atoms with Crippen molar-refractivity contribution in [3.05, 3.63) is 24.3 Å². The summed E-state index contributed by atoms with van der Waals surface area (Å²) in [6.07, 6.45) is 2.31. The lowest BCUT2D eigenvalue weighted by Gasteiger charge is -2.60. The molecule has 25 heavy (non-hydrogen) atoms. The lowest BCUT2D eigenvalue weighted by Crippen LogP contribution is -2.67. The number of anilines is 2. The first kappa shape index (κ1) is 18.1. The van der Waals surface area contributed by atoms with Crippen LogP contribution in [0.4, 0.5) is 16.2 Å². The predicted octanol–water partition coefficient (Wildman–Crippen LogP) is 4.65. The smallest absolute Gasteiger partial charge is 0.412 e. The maximum absolute atomic E-state index is 11.8. The van der Waals surface area contributed by atoms with Gasteiger partial charge < -0.3 is 14.8 Å². The van der Waals surface area contributed by atoms with Crippen molar-refractivity contribution in [2.75, 3.05) is 17.2 Å². The first-order valence-electron chi connectivity index (χ1n) is 9.15. The third-order valence-electron chi connectivity index (χ3n) is 5.18. The summed E-state index contributed by atoms with van der Waals surface area (Å²) in [4.78, 5) is 11.8. The molecule has 2 fully saturated rings. The second-order valence-corrected chi connectivity index (χ2v) is 8.75. The van der Waals surface area contributed by atoms with E-state index >= 15 is 0 Å². The van der Waals surface area contributed by atoms with Gasteiger partial charge in [-0.2, -0.15) is 0 Å². The van der Waals surface area contributed by atoms with E-state index in [0.717, 1.165) is 24.4 Å². The van der Waals surface area contributed by atoms with Crippen molar-refractivity contribution in [3.8, 4) is 0 Å². The Balaban J connectivity index is 1.59. The standard InChI is InChI=1S/C20H30N2O3/c1-19(2,3)25-18(23)22-14-10-8-13(9-11-14)21-16-15-7-6-12-24-17(15)20(16,4)5/h8-11,15-17,21H,6-7,12H2,1-5H3,(H,22,23). The van der Waals surface area contributed by atoms with Crippen LogP contribution in [0, 0.1) is 11.3 Å². The Morgan fingerprint density at radius 2 is 1.84 bits per heavy atom. The van der Waals surface area contributed by atoms with Crippen molar-refractivity contribution >= 4 is 17.5 Å². The summed E-state index contributed by atoms with van der Waals surface area (Å²) in [5, 5.41) is 6.42. The number of nitrogens with one attached hydrogen (secondary N) is 2. The number of amides is 1. The van der Waals surface area contributed by atoms with Crippen LogP contribution >= 0.6 is 0 Å². The molecule has 1 aromatic carbocycles. The molecular formula is C20H30N2O3. The summed E-state index contributed by atoms with van der Waals surface area (Å²) in [5.74, 6) is 0.586. The summed E-state index contributed by atoms with van der Waals surface area (Å²) in [7, 11) is 0. The first-order chi connectivity index (χ1) is 11.7. The largest absolute Gasteiger partial charge is 0.444 e. The fourth-order valence-electron chi connectivity index (χ4n) is 4.07. The summed E-state index contributed by atoms with van der Waals surface area (Å²) in [6.45, 7) is 11.0. The highest BCUT2D eigenvalue weighted by Crippen LogP contribution is 2.52. The van der Waals surface area contributed by atoms with Gasteiger partial charge in [-0.3, -0.25) is 5.32 Å². The number of ether oxygens (including phenoxy) is 2. The van der Waals surface area contributed by atoms with Crippen LogP contribution in [-0.2, 0) is 9.47 Å². The molecule has 1 aliphatic heterocycles. The zero-order valence-electron chi connectivity index (χ0n) is 15.9. The number of hydrogen-bond donors (Lipinski definition) is 2. The maximum Gasteiger partial charge on any atom is 0.412 e. The Morgan fingerprint density at radius 1 is 1.20 bits per heavy atom. The molecule has 1 amide bonds. The average Bonchev–Trinajstić information content (AvgIpc) is 2.52. The summed E-state index contributed by atoms with van der Waals surface area (Å²) in [6, 6.07) is 8.21. The fraction of sp³-hybridized carbons (Fsp3) is 0.650. The quantitative estimate of drug-likeness (QED) is 0.836. The molecule has 5 heteroatoms.